The third-order valence-electron chi connectivity index (χ3n) is 0. The van der Waals surface area contributed by atoms with Gasteiger partial charge in [-0.2, -0.15) is 0 Å². The maximum atomic E-state index is 9.56. The zero-order chi connectivity index (χ0) is 7.15. The predicted molar refractivity (Wildman–Crippen MR) is 31.8 cm³/mol. The van der Waals surface area contributed by atoms with Crippen molar-refractivity contribution < 1.29 is 50.2 Å². The Morgan fingerprint density at radius 1 is 1.44 bits per heavy atom. The van der Waals surface area contributed by atoms with Crippen LogP contribution in [-0.4, -0.2) is 33.1 Å². The van der Waals surface area contributed by atoms with Gasteiger partial charge in [-0.3, -0.25) is 4.21 Å². The molecule has 0 amide bonds. The van der Waals surface area contributed by atoms with Crippen LogP contribution < -0.4 is 29.6 Å². The molecule has 6 heteroatoms. The zero-order valence-electron chi connectivity index (χ0n) is 6.62. The minimum atomic E-state index is -1.83. The molecule has 0 aromatic heterocycles. The van der Waals surface area contributed by atoms with E-state index in [1.807, 2.05) is 0 Å². The molecule has 0 aliphatic heterocycles. The van der Waals surface area contributed by atoms with Crippen molar-refractivity contribution in [1.29, 1.82) is 0 Å². The molecule has 0 spiro atoms. The van der Waals surface area contributed by atoms with E-state index in [0.717, 1.165) is 0 Å². The Bertz CT molecular complexity index is 78.5. The van der Waals surface area contributed by atoms with E-state index in [9.17, 15) is 4.21 Å². The SMILES string of the molecule is CS(C)=O.O=C(O)O.[H-].[Na+]. The fraction of sp³-hybridized carbons (Fsp3) is 0.667. The number of carbonyl (C=O) groups is 1. The summed E-state index contributed by atoms with van der Waals surface area (Å²) in [5.74, 6) is 0. The fourth-order valence-electron chi connectivity index (χ4n) is 0. The molecule has 0 radical (unpaired) electrons. The van der Waals surface area contributed by atoms with Gasteiger partial charge in [0, 0.05) is 23.3 Å². The maximum Gasteiger partial charge on any atom is 1.00 e. The van der Waals surface area contributed by atoms with Crippen LogP contribution in [0.15, 0.2) is 0 Å². The summed E-state index contributed by atoms with van der Waals surface area (Å²) in [6, 6.07) is 0. The molecule has 9 heavy (non-hydrogen) atoms. The molecule has 2 N–H and O–H groups in total. The largest absolute Gasteiger partial charge is 1.00 e. The zero-order valence-corrected chi connectivity index (χ0v) is 8.44. The minimum Gasteiger partial charge on any atom is -1.00 e. The smallest absolute Gasteiger partial charge is 1.00 e. The molecule has 0 aromatic carbocycles. The summed E-state index contributed by atoms with van der Waals surface area (Å²) >= 11 is 0. The normalized spacial score (nSPS) is 6.56. The quantitative estimate of drug-likeness (QED) is 0.383. The van der Waals surface area contributed by atoms with Crippen LogP contribution in [0.3, 0.4) is 0 Å². The van der Waals surface area contributed by atoms with Crippen LogP contribution in [0, 0.1) is 0 Å². The van der Waals surface area contributed by atoms with Gasteiger partial charge < -0.3 is 11.6 Å². The molecule has 0 heterocycles. The van der Waals surface area contributed by atoms with Gasteiger partial charge in [0.1, 0.15) is 0 Å². The van der Waals surface area contributed by atoms with Crippen LogP contribution in [0.1, 0.15) is 1.43 Å². The standard InChI is InChI=1S/C2H6OS.CH2O3.Na.H/c1-4(2)3;2-1(3)4;;/h1-2H3;(H2,2,3,4);;/q;;+1;-1. The van der Waals surface area contributed by atoms with Gasteiger partial charge in [-0.1, -0.05) is 0 Å². The first-order valence-corrected chi connectivity index (χ1v) is 3.60. The maximum absolute atomic E-state index is 9.56. The summed E-state index contributed by atoms with van der Waals surface area (Å²) in [6.45, 7) is 0. The van der Waals surface area contributed by atoms with Crippen molar-refractivity contribution in [2.45, 2.75) is 0 Å². The van der Waals surface area contributed by atoms with E-state index in [0.29, 0.717) is 0 Å². The molecular formula is C3H9NaO4S. The third-order valence-corrected chi connectivity index (χ3v) is 0. The molecule has 0 atom stereocenters. The van der Waals surface area contributed by atoms with Crippen molar-refractivity contribution in [3.8, 4) is 0 Å². The third kappa shape index (κ3) is 1970. The summed E-state index contributed by atoms with van der Waals surface area (Å²) < 4.78 is 9.56. The number of hydrogen-bond donors (Lipinski definition) is 2. The van der Waals surface area contributed by atoms with Crippen molar-refractivity contribution in [2.24, 2.45) is 0 Å². The number of hydrogen-bond acceptors (Lipinski definition) is 2. The van der Waals surface area contributed by atoms with E-state index in [2.05, 4.69) is 0 Å². The first-order valence-electron chi connectivity index (χ1n) is 1.63. The monoisotopic (exact) mass is 164 g/mol. The molecule has 4 nitrogen and oxygen atoms in total. The van der Waals surface area contributed by atoms with Gasteiger partial charge in [0.05, 0.1) is 0 Å². The average Bonchev–Trinajstić information content (AvgIpc) is 1.25. The van der Waals surface area contributed by atoms with E-state index in [1.165, 1.54) is 0 Å². The average molecular weight is 164 g/mol. The molecule has 0 bridgehead atoms. The van der Waals surface area contributed by atoms with Gasteiger partial charge in [0.2, 0.25) is 0 Å². The Morgan fingerprint density at radius 2 is 1.44 bits per heavy atom. The van der Waals surface area contributed by atoms with Gasteiger partial charge in [-0.05, 0) is 0 Å². The van der Waals surface area contributed by atoms with Crippen molar-refractivity contribution in [2.75, 3.05) is 12.5 Å². The topological polar surface area (TPSA) is 74.6 Å². The molecule has 0 aromatic rings. The fourth-order valence-corrected chi connectivity index (χ4v) is 0. The second-order valence-corrected chi connectivity index (χ2v) is 2.51. The summed E-state index contributed by atoms with van der Waals surface area (Å²) in [7, 11) is -0.611. The van der Waals surface area contributed by atoms with Crippen molar-refractivity contribution in [3.05, 3.63) is 0 Å². The molecule has 0 fully saturated rings. The Hall–Kier alpha value is 0.420. The molecule has 52 valence electrons. The van der Waals surface area contributed by atoms with Gasteiger partial charge in [0.15, 0.2) is 0 Å². The van der Waals surface area contributed by atoms with Crippen molar-refractivity contribution in [3.63, 3.8) is 0 Å². The second kappa shape index (κ2) is 11.2. The molecule has 0 saturated carbocycles. The Balaban J connectivity index is -0.0000000300. The summed E-state index contributed by atoms with van der Waals surface area (Å²) in [4.78, 5) is 8.56. The van der Waals surface area contributed by atoms with Crippen LogP contribution in [0.25, 0.3) is 0 Å². The van der Waals surface area contributed by atoms with Crippen LogP contribution in [0.2, 0.25) is 0 Å². The van der Waals surface area contributed by atoms with Gasteiger partial charge in [-0.15, -0.1) is 0 Å². The van der Waals surface area contributed by atoms with Crippen LogP contribution in [0.5, 0.6) is 0 Å². The predicted octanol–water partition coefficient (Wildman–Crippen LogP) is -2.67. The first kappa shape index (κ1) is 16.2. The van der Waals surface area contributed by atoms with E-state index in [1.54, 1.807) is 12.5 Å². The number of carboxylic acid groups (broad SMARTS) is 2. The Morgan fingerprint density at radius 3 is 1.44 bits per heavy atom. The summed E-state index contributed by atoms with van der Waals surface area (Å²) in [5.41, 5.74) is 0. The van der Waals surface area contributed by atoms with Gasteiger partial charge >= 0.3 is 35.7 Å². The molecule has 0 rings (SSSR count). The van der Waals surface area contributed by atoms with Crippen LogP contribution in [0.4, 0.5) is 4.79 Å². The summed E-state index contributed by atoms with van der Waals surface area (Å²) in [5, 5.41) is 13.9. The van der Waals surface area contributed by atoms with E-state index in [-0.39, 0.29) is 31.0 Å². The van der Waals surface area contributed by atoms with Gasteiger partial charge in [0.25, 0.3) is 0 Å². The summed E-state index contributed by atoms with van der Waals surface area (Å²) in [6.07, 6.45) is 1.44. The van der Waals surface area contributed by atoms with Crippen molar-refractivity contribution >= 4 is 17.0 Å². The van der Waals surface area contributed by atoms with Crippen molar-refractivity contribution in [1.82, 2.24) is 0 Å². The first-order chi connectivity index (χ1) is 3.46. The molecule has 0 aliphatic carbocycles. The van der Waals surface area contributed by atoms with Gasteiger partial charge in [-0.25, -0.2) is 4.79 Å². The van der Waals surface area contributed by atoms with Crippen LogP contribution in [-0.2, 0) is 10.8 Å². The van der Waals surface area contributed by atoms with E-state index < -0.39 is 17.0 Å². The molecular weight excluding hydrogens is 155 g/mol. The molecule has 0 saturated heterocycles. The second-order valence-electron chi connectivity index (χ2n) is 1.02. The van der Waals surface area contributed by atoms with E-state index in [4.69, 9.17) is 15.0 Å². The van der Waals surface area contributed by atoms with E-state index >= 15 is 0 Å². The number of rotatable bonds is 0. The van der Waals surface area contributed by atoms with Crippen LogP contribution >= 0.6 is 0 Å². The molecule has 0 aliphatic rings. The Labute approximate surface area is 79.5 Å². The Kier molecular flexibility index (Phi) is 20.2. The molecule has 0 unspecified atom stereocenters. The minimum absolute atomic E-state index is 0.